The molecule has 0 aliphatic carbocycles. The van der Waals surface area contributed by atoms with Gasteiger partial charge in [0, 0.05) is 16.7 Å². The molecule has 30 heavy (non-hydrogen) atoms. The second kappa shape index (κ2) is 8.58. The van der Waals surface area contributed by atoms with Crippen molar-refractivity contribution in [2.24, 2.45) is 0 Å². The van der Waals surface area contributed by atoms with Crippen molar-refractivity contribution < 1.29 is 22.7 Å². The minimum Gasteiger partial charge on any atom is -0.495 e. The molecule has 2 aromatic carbocycles. The Balaban J connectivity index is 1.75. The molecule has 0 saturated carbocycles. The monoisotopic (exact) mass is 437 g/mol. The first-order valence-corrected chi connectivity index (χ1v) is 8.92. The number of anilines is 1. The Morgan fingerprint density at radius 2 is 1.87 bits per heavy atom. The Bertz CT molecular complexity index is 1130. The average molecular weight is 438 g/mol. The number of benzene rings is 2. The molecule has 1 amide bonds. The van der Waals surface area contributed by atoms with E-state index in [9.17, 15) is 22.8 Å². The van der Waals surface area contributed by atoms with Crippen LogP contribution in [-0.4, -0.2) is 22.6 Å². The molecule has 3 rings (SSSR count). The molecular formula is C20H15ClF3N3O3. The minimum atomic E-state index is -4.45. The van der Waals surface area contributed by atoms with Gasteiger partial charge in [-0.25, -0.2) is 4.98 Å². The predicted molar refractivity (Wildman–Crippen MR) is 106 cm³/mol. The second-order valence-electron chi connectivity index (χ2n) is 6.21. The largest absolute Gasteiger partial charge is 0.495 e. The quantitative estimate of drug-likeness (QED) is 0.648. The zero-order valence-corrected chi connectivity index (χ0v) is 16.3. The third-order valence-corrected chi connectivity index (χ3v) is 4.37. The number of carbonyl (C=O) groups is 1. The number of hydrogen-bond acceptors (Lipinski definition) is 4. The third-order valence-electron chi connectivity index (χ3n) is 4.14. The van der Waals surface area contributed by atoms with Gasteiger partial charge in [0.15, 0.2) is 0 Å². The van der Waals surface area contributed by atoms with Crippen molar-refractivity contribution in [1.29, 1.82) is 0 Å². The van der Waals surface area contributed by atoms with Gasteiger partial charge in [0.05, 0.1) is 30.4 Å². The number of nitrogens with one attached hydrogen (secondary N) is 1. The summed E-state index contributed by atoms with van der Waals surface area (Å²) >= 11 is 5.92. The molecule has 0 atom stereocenters. The molecule has 0 unspecified atom stereocenters. The molecule has 1 heterocycles. The van der Waals surface area contributed by atoms with Gasteiger partial charge in [-0.2, -0.15) is 13.2 Å². The topological polar surface area (TPSA) is 73.2 Å². The molecule has 156 valence electrons. The molecule has 0 spiro atoms. The number of nitrogens with zero attached hydrogens (tertiary/aromatic N) is 2. The molecule has 0 radical (unpaired) electrons. The summed E-state index contributed by atoms with van der Waals surface area (Å²) in [5.74, 6) is -0.113. The van der Waals surface area contributed by atoms with Crippen molar-refractivity contribution in [3.8, 4) is 17.0 Å². The van der Waals surface area contributed by atoms with E-state index in [2.05, 4.69) is 10.3 Å². The van der Waals surface area contributed by atoms with Crippen molar-refractivity contribution in [2.45, 2.75) is 12.7 Å². The molecule has 1 aromatic heterocycles. The van der Waals surface area contributed by atoms with Crippen molar-refractivity contribution in [1.82, 2.24) is 9.55 Å². The highest BCUT2D eigenvalue weighted by atomic mass is 35.5. The van der Waals surface area contributed by atoms with E-state index in [1.165, 1.54) is 25.3 Å². The highest BCUT2D eigenvalue weighted by Crippen LogP contribution is 2.30. The van der Waals surface area contributed by atoms with E-state index in [1.54, 1.807) is 12.1 Å². The van der Waals surface area contributed by atoms with Crippen molar-refractivity contribution in [3.05, 3.63) is 75.8 Å². The normalized spacial score (nSPS) is 11.2. The van der Waals surface area contributed by atoms with E-state index in [4.69, 9.17) is 16.3 Å². The molecule has 0 bridgehead atoms. The number of carbonyl (C=O) groups excluding carboxylic acids is 1. The van der Waals surface area contributed by atoms with Crippen LogP contribution in [0, 0.1) is 0 Å². The van der Waals surface area contributed by atoms with E-state index >= 15 is 0 Å². The van der Waals surface area contributed by atoms with Gasteiger partial charge in [0.2, 0.25) is 5.91 Å². The van der Waals surface area contributed by atoms with Crippen molar-refractivity contribution >= 4 is 23.2 Å². The molecular weight excluding hydrogens is 423 g/mol. The second-order valence-corrected chi connectivity index (χ2v) is 6.64. The van der Waals surface area contributed by atoms with Crippen LogP contribution in [0.1, 0.15) is 5.56 Å². The lowest BCUT2D eigenvalue weighted by molar-refractivity contribution is -0.137. The Hall–Kier alpha value is -3.33. The number of amides is 1. The maximum atomic E-state index is 12.7. The summed E-state index contributed by atoms with van der Waals surface area (Å²) in [4.78, 5) is 28.7. The first-order valence-electron chi connectivity index (χ1n) is 8.55. The van der Waals surface area contributed by atoms with Gasteiger partial charge in [-0.3, -0.25) is 14.2 Å². The Labute approximate surface area is 173 Å². The van der Waals surface area contributed by atoms with E-state index in [0.717, 1.165) is 29.1 Å². The number of alkyl halides is 3. The zero-order chi connectivity index (χ0) is 21.9. The third kappa shape index (κ3) is 4.98. The van der Waals surface area contributed by atoms with Crippen LogP contribution in [0.5, 0.6) is 5.75 Å². The standard InChI is InChI=1S/C20H15ClF3N3O3/c1-30-17-7-6-14(21)8-16(17)26-18(28)10-27-11-25-15(9-19(27)29)12-2-4-13(5-3-12)20(22,23)24/h2-9,11H,10H2,1H3,(H,26,28). The van der Waals surface area contributed by atoms with Gasteiger partial charge in [0.1, 0.15) is 12.3 Å². The van der Waals surface area contributed by atoms with Crippen LogP contribution in [0.4, 0.5) is 18.9 Å². The fourth-order valence-electron chi connectivity index (χ4n) is 2.65. The lowest BCUT2D eigenvalue weighted by Crippen LogP contribution is -2.27. The van der Waals surface area contributed by atoms with Gasteiger partial charge in [0.25, 0.3) is 5.56 Å². The molecule has 0 fully saturated rings. The summed E-state index contributed by atoms with van der Waals surface area (Å²) < 4.78 is 44.2. The summed E-state index contributed by atoms with van der Waals surface area (Å²) in [6.45, 7) is -0.325. The Morgan fingerprint density at radius 1 is 1.17 bits per heavy atom. The number of ether oxygens (including phenoxy) is 1. The van der Waals surface area contributed by atoms with Crippen LogP contribution in [-0.2, 0) is 17.5 Å². The van der Waals surface area contributed by atoms with Gasteiger partial charge < -0.3 is 10.1 Å². The van der Waals surface area contributed by atoms with Crippen LogP contribution in [0.25, 0.3) is 11.3 Å². The lowest BCUT2D eigenvalue weighted by Gasteiger charge is -2.11. The van der Waals surface area contributed by atoms with Gasteiger partial charge in [-0.15, -0.1) is 0 Å². The maximum absolute atomic E-state index is 12.7. The first kappa shape index (κ1) is 21.4. The molecule has 6 nitrogen and oxygen atoms in total. The van der Waals surface area contributed by atoms with Crippen molar-refractivity contribution in [2.75, 3.05) is 12.4 Å². The van der Waals surface area contributed by atoms with Crippen LogP contribution in [0.2, 0.25) is 5.02 Å². The van der Waals surface area contributed by atoms with E-state index < -0.39 is 23.2 Å². The number of rotatable bonds is 5. The SMILES string of the molecule is COc1ccc(Cl)cc1NC(=O)Cn1cnc(-c2ccc(C(F)(F)F)cc2)cc1=O. The molecule has 0 aliphatic rings. The summed E-state index contributed by atoms with van der Waals surface area (Å²) in [5.41, 5.74) is -0.444. The Kier molecular flexibility index (Phi) is 6.12. The van der Waals surface area contributed by atoms with Gasteiger partial charge in [-0.05, 0) is 30.3 Å². The molecule has 3 aromatic rings. The summed E-state index contributed by atoms with van der Waals surface area (Å²) in [7, 11) is 1.44. The molecule has 0 aliphatic heterocycles. The van der Waals surface area contributed by atoms with E-state index in [1.807, 2.05) is 0 Å². The van der Waals surface area contributed by atoms with E-state index in [0.29, 0.717) is 22.0 Å². The van der Waals surface area contributed by atoms with E-state index in [-0.39, 0.29) is 12.2 Å². The smallest absolute Gasteiger partial charge is 0.416 e. The fourth-order valence-corrected chi connectivity index (χ4v) is 2.83. The van der Waals surface area contributed by atoms with Gasteiger partial charge >= 0.3 is 6.18 Å². The van der Waals surface area contributed by atoms with Gasteiger partial charge in [-0.1, -0.05) is 23.7 Å². The minimum absolute atomic E-state index is 0.196. The number of methoxy groups -OCH3 is 1. The molecule has 1 N–H and O–H groups in total. The number of hydrogen-bond donors (Lipinski definition) is 1. The average Bonchev–Trinajstić information content (AvgIpc) is 2.69. The highest BCUT2D eigenvalue weighted by Gasteiger charge is 2.30. The van der Waals surface area contributed by atoms with Crippen LogP contribution in [0.15, 0.2) is 59.7 Å². The maximum Gasteiger partial charge on any atom is 0.416 e. The summed E-state index contributed by atoms with van der Waals surface area (Å²) in [6, 6.07) is 10.1. The van der Waals surface area contributed by atoms with Crippen molar-refractivity contribution in [3.63, 3.8) is 0 Å². The van der Waals surface area contributed by atoms with Crippen LogP contribution < -0.4 is 15.6 Å². The summed E-state index contributed by atoms with van der Waals surface area (Å²) in [5, 5.41) is 3.00. The molecule has 0 saturated heterocycles. The molecule has 10 heteroatoms. The predicted octanol–water partition coefficient (Wildman–Crippen LogP) is 4.23. The number of aromatic nitrogens is 2. The zero-order valence-electron chi connectivity index (χ0n) is 15.5. The summed E-state index contributed by atoms with van der Waals surface area (Å²) in [6.07, 6.45) is -3.29. The van der Waals surface area contributed by atoms with Crippen LogP contribution in [0.3, 0.4) is 0 Å². The highest BCUT2D eigenvalue weighted by molar-refractivity contribution is 6.31. The first-order chi connectivity index (χ1) is 14.2. The fraction of sp³-hybridized carbons (Fsp3) is 0.150. The van der Waals surface area contributed by atoms with Crippen LogP contribution >= 0.6 is 11.6 Å². The lowest BCUT2D eigenvalue weighted by atomic mass is 10.1. The Morgan fingerprint density at radius 3 is 2.47 bits per heavy atom. The number of halogens is 4.